The summed E-state index contributed by atoms with van der Waals surface area (Å²) in [7, 11) is 0. The summed E-state index contributed by atoms with van der Waals surface area (Å²) in [6.45, 7) is 1.39. The number of nitro benzene ring substituents is 1. The third kappa shape index (κ3) is 2.65. The summed E-state index contributed by atoms with van der Waals surface area (Å²) in [4.78, 5) is 12.3. The number of rotatable bonds is 2. The van der Waals surface area contributed by atoms with Crippen LogP contribution < -0.4 is 10.6 Å². The number of benzene rings is 1. The van der Waals surface area contributed by atoms with Crippen molar-refractivity contribution in [2.45, 2.75) is 18.9 Å². The SMILES string of the molecule is Nc1cc(N2CCC(O)CC2)cc([N+](=O)[O-])c1. The average molecular weight is 237 g/mol. The van der Waals surface area contributed by atoms with Crippen LogP contribution in [-0.2, 0) is 0 Å². The Morgan fingerprint density at radius 3 is 2.59 bits per heavy atom. The molecule has 6 heteroatoms. The lowest BCUT2D eigenvalue weighted by atomic mass is 10.1. The minimum absolute atomic E-state index is 0.00567. The van der Waals surface area contributed by atoms with Crippen LogP contribution in [0.15, 0.2) is 18.2 Å². The first-order valence-electron chi connectivity index (χ1n) is 5.54. The summed E-state index contributed by atoms with van der Waals surface area (Å²) in [5, 5.41) is 20.1. The van der Waals surface area contributed by atoms with Gasteiger partial charge in [0.25, 0.3) is 5.69 Å². The van der Waals surface area contributed by atoms with Crippen molar-refractivity contribution in [2.24, 2.45) is 0 Å². The molecule has 3 N–H and O–H groups in total. The predicted molar refractivity (Wildman–Crippen MR) is 65.0 cm³/mol. The topological polar surface area (TPSA) is 92.6 Å². The molecule has 92 valence electrons. The maximum Gasteiger partial charge on any atom is 0.273 e. The Balaban J connectivity index is 2.23. The van der Waals surface area contributed by atoms with Gasteiger partial charge in [0.15, 0.2) is 0 Å². The number of non-ortho nitro benzene ring substituents is 1. The molecule has 0 aromatic heterocycles. The number of nitrogen functional groups attached to an aromatic ring is 1. The molecule has 2 rings (SSSR count). The molecule has 1 aromatic carbocycles. The molecule has 0 amide bonds. The summed E-state index contributed by atoms with van der Waals surface area (Å²) in [5.41, 5.74) is 6.80. The second-order valence-electron chi connectivity index (χ2n) is 4.26. The highest BCUT2D eigenvalue weighted by atomic mass is 16.6. The first-order chi connectivity index (χ1) is 8.06. The van der Waals surface area contributed by atoms with E-state index in [0.29, 0.717) is 31.6 Å². The maximum absolute atomic E-state index is 10.7. The molecular weight excluding hydrogens is 222 g/mol. The molecule has 1 heterocycles. The molecule has 1 aliphatic heterocycles. The highest BCUT2D eigenvalue weighted by Crippen LogP contribution is 2.27. The van der Waals surface area contributed by atoms with Gasteiger partial charge in [-0.2, -0.15) is 0 Å². The standard InChI is InChI=1S/C11H15N3O3/c12-8-5-9(7-10(6-8)14(16)17)13-3-1-11(15)2-4-13/h5-7,11,15H,1-4,12H2. The van der Waals surface area contributed by atoms with E-state index in [0.717, 1.165) is 5.69 Å². The predicted octanol–water partition coefficient (Wildman–Crippen LogP) is 1.14. The molecule has 1 saturated heterocycles. The first-order valence-corrected chi connectivity index (χ1v) is 5.54. The smallest absolute Gasteiger partial charge is 0.273 e. The highest BCUT2D eigenvalue weighted by Gasteiger charge is 2.19. The molecule has 1 aromatic rings. The quantitative estimate of drug-likeness (QED) is 0.457. The minimum Gasteiger partial charge on any atom is -0.398 e. The van der Waals surface area contributed by atoms with E-state index in [1.54, 1.807) is 6.07 Å². The molecule has 1 fully saturated rings. The van der Waals surface area contributed by atoms with Crippen LogP contribution >= 0.6 is 0 Å². The third-order valence-electron chi connectivity index (χ3n) is 2.97. The van der Waals surface area contributed by atoms with Crippen LogP contribution in [0.5, 0.6) is 0 Å². The van der Waals surface area contributed by atoms with E-state index in [9.17, 15) is 15.2 Å². The lowest BCUT2D eigenvalue weighted by Crippen LogP contribution is -2.35. The molecule has 1 aliphatic rings. The van der Waals surface area contributed by atoms with Gasteiger partial charge in [-0.1, -0.05) is 0 Å². The Kier molecular flexibility index (Phi) is 3.14. The molecule has 0 unspecified atom stereocenters. The van der Waals surface area contributed by atoms with E-state index in [4.69, 9.17) is 5.73 Å². The Morgan fingerprint density at radius 2 is 2.00 bits per heavy atom. The fourth-order valence-corrected chi connectivity index (χ4v) is 2.03. The highest BCUT2D eigenvalue weighted by molar-refractivity contribution is 5.62. The van der Waals surface area contributed by atoms with Crippen molar-refractivity contribution in [3.8, 4) is 0 Å². The zero-order valence-corrected chi connectivity index (χ0v) is 9.37. The fraction of sp³-hybridized carbons (Fsp3) is 0.455. The van der Waals surface area contributed by atoms with Gasteiger partial charge in [0, 0.05) is 36.6 Å². The van der Waals surface area contributed by atoms with Crippen LogP contribution in [0.4, 0.5) is 17.1 Å². The molecule has 0 aliphatic carbocycles. The zero-order valence-electron chi connectivity index (χ0n) is 9.37. The van der Waals surface area contributed by atoms with Crippen LogP contribution in [0, 0.1) is 10.1 Å². The molecule has 0 saturated carbocycles. The van der Waals surface area contributed by atoms with Gasteiger partial charge in [0.2, 0.25) is 0 Å². The van der Waals surface area contributed by atoms with Crippen molar-refractivity contribution >= 4 is 17.1 Å². The summed E-state index contributed by atoms with van der Waals surface area (Å²) < 4.78 is 0. The average Bonchev–Trinajstić information content (AvgIpc) is 2.29. The monoisotopic (exact) mass is 237 g/mol. The normalized spacial score (nSPS) is 17.1. The van der Waals surface area contributed by atoms with E-state index in [1.165, 1.54) is 12.1 Å². The van der Waals surface area contributed by atoms with Crippen molar-refractivity contribution < 1.29 is 10.0 Å². The second kappa shape index (κ2) is 4.58. The maximum atomic E-state index is 10.7. The van der Waals surface area contributed by atoms with Crippen molar-refractivity contribution in [3.05, 3.63) is 28.3 Å². The van der Waals surface area contributed by atoms with Gasteiger partial charge in [-0.25, -0.2) is 0 Å². The Labute approximate surface area is 98.8 Å². The number of aliphatic hydroxyl groups excluding tert-OH is 1. The number of hydrogen-bond acceptors (Lipinski definition) is 5. The Morgan fingerprint density at radius 1 is 1.35 bits per heavy atom. The van der Waals surface area contributed by atoms with Gasteiger partial charge in [-0.3, -0.25) is 10.1 Å². The van der Waals surface area contributed by atoms with E-state index in [2.05, 4.69) is 0 Å². The van der Waals surface area contributed by atoms with E-state index >= 15 is 0 Å². The number of nitro groups is 1. The number of hydrogen-bond donors (Lipinski definition) is 2. The van der Waals surface area contributed by atoms with Gasteiger partial charge < -0.3 is 15.7 Å². The van der Waals surface area contributed by atoms with Crippen LogP contribution in [-0.4, -0.2) is 29.2 Å². The molecular formula is C11H15N3O3. The zero-order chi connectivity index (χ0) is 12.4. The number of nitrogens with two attached hydrogens (primary N) is 1. The summed E-state index contributed by atoms with van der Waals surface area (Å²) >= 11 is 0. The van der Waals surface area contributed by atoms with Crippen molar-refractivity contribution in [3.63, 3.8) is 0 Å². The molecule has 0 atom stereocenters. The van der Waals surface area contributed by atoms with Gasteiger partial charge in [-0.15, -0.1) is 0 Å². The van der Waals surface area contributed by atoms with E-state index in [-0.39, 0.29) is 11.8 Å². The fourth-order valence-electron chi connectivity index (χ4n) is 2.03. The third-order valence-corrected chi connectivity index (χ3v) is 2.97. The summed E-state index contributed by atoms with van der Waals surface area (Å²) in [5.74, 6) is 0. The van der Waals surface area contributed by atoms with E-state index in [1.807, 2.05) is 4.90 Å². The van der Waals surface area contributed by atoms with Crippen LogP contribution in [0.2, 0.25) is 0 Å². The van der Waals surface area contributed by atoms with Gasteiger partial charge in [0.05, 0.1) is 11.0 Å². The Hall–Kier alpha value is -1.82. The van der Waals surface area contributed by atoms with Crippen LogP contribution in [0.3, 0.4) is 0 Å². The second-order valence-corrected chi connectivity index (χ2v) is 4.26. The molecule has 17 heavy (non-hydrogen) atoms. The first kappa shape index (κ1) is 11.7. The summed E-state index contributed by atoms with van der Waals surface area (Å²) in [6, 6.07) is 4.60. The van der Waals surface area contributed by atoms with Gasteiger partial charge in [0.1, 0.15) is 0 Å². The lowest BCUT2D eigenvalue weighted by Gasteiger charge is -2.31. The molecule has 0 bridgehead atoms. The minimum atomic E-state index is -0.446. The van der Waals surface area contributed by atoms with Gasteiger partial charge >= 0.3 is 0 Å². The number of piperidine rings is 1. The number of nitrogens with zero attached hydrogens (tertiary/aromatic N) is 2. The largest absolute Gasteiger partial charge is 0.398 e. The van der Waals surface area contributed by atoms with Crippen molar-refractivity contribution in [1.29, 1.82) is 0 Å². The van der Waals surface area contributed by atoms with Crippen LogP contribution in [0.25, 0.3) is 0 Å². The van der Waals surface area contributed by atoms with E-state index < -0.39 is 4.92 Å². The number of aliphatic hydroxyl groups is 1. The van der Waals surface area contributed by atoms with Gasteiger partial charge in [-0.05, 0) is 18.9 Å². The molecule has 0 radical (unpaired) electrons. The van der Waals surface area contributed by atoms with Crippen LogP contribution in [0.1, 0.15) is 12.8 Å². The molecule has 6 nitrogen and oxygen atoms in total. The molecule has 0 spiro atoms. The van der Waals surface area contributed by atoms with Crippen molar-refractivity contribution in [2.75, 3.05) is 23.7 Å². The van der Waals surface area contributed by atoms with Crippen molar-refractivity contribution in [1.82, 2.24) is 0 Å². The Bertz CT molecular complexity index is 428. The lowest BCUT2D eigenvalue weighted by molar-refractivity contribution is -0.384. The number of anilines is 2. The summed E-state index contributed by atoms with van der Waals surface area (Å²) in [6.07, 6.45) is 1.10.